The van der Waals surface area contributed by atoms with Gasteiger partial charge in [-0.3, -0.25) is 14.0 Å². The van der Waals surface area contributed by atoms with Gasteiger partial charge in [0.2, 0.25) is 5.91 Å². The molecule has 0 radical (unpaired) electrons. The van der Waals surface area contributed by atoms with Crippen molar-refractivity contribution in [1.82, 2.24) is 29.1 Å². The number of anilines is 2. The lowest BCUT2D eigenvalue weighted by Crippen LogP contribution is -2.52. The first-order chi connectivity index (χ1) is 19.7. The van der Waals surface area contributed by atoms with Crippen LogP contribution in [-0.4, -0.2) is 94.3 Å². The van der Waals surface area contributed by atoms with Crippen LogP contribution in [-0.2, 0) is 4.79 Å². The number of alkyl halides is 2. The number of aromatic nitrogens is 3. The molecule has 1 aliphatic rings. The predicted octanol–water partition coefficient (Wildman–Crippen LogP) is 3.90. The summed E-state index contributed by atoms with van der Waals surface area (Å²) in [7, 11) is 3.72. The molecule has 3 heterocycles. The number of amides is 2. The minimum absolute atomic E-state index is 0.0585. The van der Waals surface area contributed by atoms with Gasteiger partial charge in [-0.05, 0) is 69.0 Å². The molecule has 0 atom stereocenters. The number of imidazole rings is 1. The molecular weight excluding hydrogens is 532 g/mol. The van der Waals surface area contributed by atoms with E-state index in [-0.39, 0.29) is 17.6 Å². The minimum Gasteiger partial charge on any atom is -0.435 e. The molecule has 2 amide bonds. The monoisotopic (exact) mass is 563 g/mol. The normalized spacial score (nSPS) is 13.7. The van der Waals surface area contributed by atoms with Crippen LogP contribution in [0.15, 0.2) is 61.1 Å². The molecule has 214 valence electrons. The van der Waals surface area contributed by atoms with E-state index in [0.29, 0.717) is 49.8 Å². The minimum atomic E-state index is -2.88. The van der Waals surface area contributed by atoms with Crippen molar-refractivity contribution < 1.29 is 23.1 Å². The van der Waals surface area contributed by atoms with Crippen molar-refractivity contribution in [2.45, 2.75) is 13.5 Å². The number of aryl methyl sites for hydroxylation is 1. The number of hydrogen-bond donors (Lipinski definition) is 1. The standard InChI is InChI=1S/C29H31F2N7O3/c1-19-16-21(6-9-23(19)28(40)37-14-12-36(13-15-37)25(39)18-35(2)3)34-26-27-33-17-24(38(27)11-10-32-26)20-4-7-22(8-5-20)41-29(30)31/h4-11,16-17,29H,12-15,18H2,1-3H3,(H,32,34). The van der Waals surface area contributed by atoms with Crippen molar-refractivity contribution in [3.63, 3.8) is 0 Å². The lowest BCUT2D eigenvalue weighted by Gasteiger charge is -2.35. The van der Waals surface area contributed by atoms with Crippen LogP contribution in [0.5, 0.6) is 5.75 Å². The summed E-state index contributed by atoms with van der Waals surface area (Å²) in [6.07, 6.45) is 5.10. The highest BCUT2D eigenvalue weighted by molar-refractivity contribution is 5.96. The number of ether oxygens (including phenoxy) is 1. The number of benzene rings is 2. The molecular formula is C29H31F2N7O3. The van der Waals surface area contributed by atoms with Gasteiger partial charge in [-0.15, -0.1) is 0 Å². The van der Waals surface area contributed by atoms with E-state index in [1.165, 1.54) is 12.1 Å². The summed E-state index contributed by atoms with van der Waals surface area (Å²) in [5.41, 5.74) is 4.28. The quantitative estimate of drug-likeness (QED) is 0.348. The molecule has 5 rings (SSSR count). The van der Waals surface area contributed by atoms with Crippen LogP contribution in [0, 0.1) is 6.92 Å². The van der Waals surface area contributed by atoms with Crippen molar-refractivity contribution in [2.24, 2.45) is 0 Å². The highest BCUT2D eigenvalue weighted by atomic mass is 19.3. The molecule has 41 heavy (non-hydrogen) atoms. The van der Waals surface area contributed by atoms with Crippen LogP contribution in [0.2, 0.25) is 0 Å². The fourth-order valence-corrected chi connectivity index (χ4v) is 4.85. The first kappa shape index (κ1) is 28.0. The average Bonchev–Trinajstić information content (AvgIpc) is 3.38. The Morgan fingerprint density at radius 2 is 1.73 bits per heavy atom. The Morgan fingerprint density at radius 1 is 1.02 bits per heavy atom. The zero-order valence-electron chi connectivity index (χ0n) is 23.1. The fraction of sp³-hybridized carbons (Fsp3) is 0.310. The number of carbonyl (C=O) groups excluding carboxylic acids is 2. The van der Waals surface area contributed by atoms with Gasteiger partial charge in [0.05, 0.1) is 18.4 Å². The summed E-state index contributed by atoms with van der Waals surface area (Å²) in [6, 6.07) is 11.9. The maximum Gasteiger partial charge on any atom is 0.387 e. The first-order valence-corrected chi connectivity index (χ1v) is 13.2. The topological polar surface area (TPSA) is 95.3 Å². The SMILES string of the molecule is Cc1cc(Nc2nccn3c(-c4ccc(OC(F)F)cc4)cnc23)ccc1C(=O)N1CCN(C(=O)CN(C)C)CC1. The van der Waals surface area contributed by atoms with Gasteiger partial charge < -0.3 is 24.8 Å². The molecule has 2 aromatic heterocycles. The lowest BCUT2D eigenvalue weighted by atomic mass is 10.1. The molecule has 1 aliphatic heterocycles. The number of hydrogen-bond acceptors (Lipinski definition) is 7. The zero-order chi connectivity index (χ0) is 29.1. The molecule has 1 N–H and O–H groups in total. The lowest BCUT2D eigenvalue weighted by molar-refractivity contribution is -0.133. The maximum atomic E-state index is 13.3. The summed E-state index contributed by atoms with van der Waals surface area (Å²) in [4.78, 5) is 40.0. The molecule has 0 spiro atoms. The van der Waals surface area contributed by atoms with Crippen LogP contribution >= 0.6 is 0 Å². The Labute approximate surface area is 236 Å². The number of rotatable bonds is 8. The fourth-order valence-electron chi connectivity index (χ4n) is 4.85. The smallest absolute Gasteiger partial charge is 0.387 e. The third-order valence-corrected chi connectivity index (χ3v) is 6.89. The number of likely N-dealkylation sites (N-methyl/N-ethyl adjacent to an activating group) is 1. The van der Waals surface area contributed by atoms with Gasteiger partial charge in [0.1, 0.15) is 5.75 Å². The Balaban J connectivity index is 1.28. The highest BCUT2D eigenvalue weighted by Crippen LogP contribution is 2.28. The number of nitrogens with one attached hydrogen (secondary N) is 1. The Morgan fingerprint density at radius 3 is 2.39 bits per heavy atom. The zero-order valence-corrected chi connectivity index (χ0v) is 23.1. The predicted molar refractivity (Wildman–Crippen MR) is 151 cm³/mol. The second kappa shape index (κ2) is 11.9. The molecule has 10 nitrogen and oxygen atoms in total. The second-order valence-electron chi connectivity index (χ2n) is 10.1. The van der Waals surface area contributed by atoms with Gasteiger partial charge in [-0.2, -0.15) is 8.78 Å². The van der Waals surface area contributed by atoms with Crippen LogP contribution in [0.25, 0.3) is 16.9 Å². The first-order valence-electron chi connectivity index (χ1n) is 13.2. The second-order valence-corrected chi connectivity index (χ2v) is 10.1. The Bertz CT molecular complexity index is 1550. The average molecular weight is 564 g/mol. The Hall–Kier alpha value is -4.58. The summed E-state index contributed by atoms with van der Waals surface area (Å²) < 4.78 is 31.3. The van der Waals surface area contributed by atoms with Gasteiger partial charge in [-0.25, -0.2) is 9.97 Å². The van der Waals surface area contributed by atoms with E-state index < -0.39 is 6.61 Å². The molecule has 2 aromatic carbocycles. The van der Waals surface area contributed by atoms with Gasteiger partial charge in [-0.1, -0.05) is 0 Å². The largest absolute Gasteiger partial charge is 0.435 e. The van der Waals surface area contributed by atoms with Crippen molar-refractivity contribution in [3.05, 3.63) is 72.2 Å². The molecule has 0 unspecified atom stereocenters. The molecule has 0 aliphatic carbocycles. The van der Waals surface area contributed by atoms with Crippen LogP contribution in [0.1, 0.15) is 15.9 Å². The number of fused-ring (bicyclic) bond motifs is 1. The number of carbonyl (C=O) groups is 2. The van der Waals surface area contributed by atoms with Gasteiger partial charge in [0.15, 0.2) is 11.5 Å². The molecule has 1 fully saturated rings. The van der Waals surface area contributed by atoms with E-state index in [0.717, 1.165) is 22.5 Å². The van der Waals surface area contributed by atoms with E-state index in [1.807, 2.05) is 42.5 Å². The molecule has 1 saturated heterocycles. The van der Waals surface area contributed by atoms with E-state index in [2.05, 4.69) is 20.0 Å². The van der Waals surface area contributed by atoms with Crippen molar-refractivity contribution in [2.75, 3.05) is 52.1 Å². The van der Waals surface area contributed by atoms with Crippen molar-refractivity contribution >= 4 is 29.0 Å². The van der Waals surface area contributed by atoms with Crippen molar-refractivity contribution in [3.8, 4) is 17.0 Å². The highest BCUT2D eigenvalue weighted by Gasteiger charge is 2.26. The van der Waals surface area contributed by atoms with E-state index >= 15 is 0 Å². The van der Waals surface area contributed by atoms with Crippen LogP contribution in [0.4, 0.5) is 20.3 Å². The number of nitrogens with zero attached hydrogens (tertiary/aromatic N) is 6. The summed E-state index contributed by atoms with van der Waals surface area (Å²) in [5, 5.41) is 3.29. The molecule has 12 heteroatoms. The van der Waals surface area contributed by atoms with Crippen molar-refractivity contribution in [1.29, 1.82) is 0 Å². The van der Waals surface area contributed by atoms with Crippen LogP contribution < -0.4 is 10.1 Å². The summed E-state index contributed by atoms with van der Waals surface area (Å²) >= 11 is 0. The van der Waals surface area contributed by atoms with E-state index in [4.69, 9.17) is 0 Å². The molecule has 4 aromatic rings. The number of piperazine rings is 1. The van der Waals surface area contributed by atoms with Gasteiger partial charge in [0, 0.05) is 55.4 Å². The molecule has 0 bridgehead atoms. The van der Waals surface area contributed by atoms with Gasteiger partial charge in [0.25, 0.3) is 5.91 Å². The summed E-state index contributed by atoms with van der Waals surface area (Å²) in [6.45, 7) is 1.39. The van der Waals surface area contributed by atoms with Gasteiger partial charge >= 0.3 is 6.61 Å². The third kappa shape index (κ3) is 6.27. The van der Waals surface area contributed by atoms with Crippen LogP contribution in [0.3, 0.4) is 0 Å². The maximum absolute atomic E-state index is 13.3. The Kier molecular flexibility index (Phi) is 8.11. The summed E-state index contributed by atoms with van der Waals surface area (Å²) in [5.74, 6) is 0.612. The van der Waals surface area contributed by atoms with E-state index in [9.17, 15) is 18.4 Å². The molecule has 0 saturated carbocycles. The third-order valence-electron chi connectivity index (χ3n) is 6.89. The number of halogens is 2. The van der Waals surface area contributed by atoms with E-state index in [1.54, 1.807) is 46.6 Å².